The number of sulfone groups is 1. The summed E-state index contributed by atoms with van der Waals surface area (Å²) >= 11 is 0. The molecule has 3 N–H and O–H groups in total. The van der Waals surface area contributed by atoms with Gasteiger partial charge in [-0.25, -0.2) is 13.9 Å². The Hall–Kier alpha value is -2.48. The molecule has 6 nitrogen and oxygen atoms in total. The molecule has 1 aliphatic rings. The van der Waals surface area contributed by atoms with Crippen molar-refractivity contribution >= 4 is 21.8 Å². The maximum atomic E-state index is 12.1. The Morgan fingerprint density at radius 3 is 2.19 bits per heavy atom. The molecule has 0 aliphatic heterocycles. The van der Waals surface area contributed by atoms with E-state index in [1.807, 2.05) is 24.3 Å². The van der Waals surface area contributed by atoms with Crippen LogP contribution < -0.4 is 5.48 Å². The normalized spacial score (nSPS) is 20.4. The first kappa shape index (κ1) is 23.2. The van der Waals surface area contributed by atoms with E-state index in [1.165, 1.54) is 12.4 Å². The second-order valence-corrected chi connectivity index (χ2v) is 10.9. The molecule has 2 aromatic carbocycles. The van der Waals surface area contributed by atoms with E-state index in [2.05, 4.69) is 36.4 Å². The van der Waals surface area contributed by atoms with E-state index in [4.69, 9.17) is 10.3 Å². The van der Waals surface area contributed by atoms with E-state index < -0.39 is 20.5 Å². The van der Waals surface area contributed by atoms with Crippen molar-refractivity contribution in [2.75, 3.05) is 12.9 Å². The van der Waals surface area contributed by atoms with E-state index in [0.29, 0.717) is 18.3 Å². The fourth-order valence-electron chi connectivity index (χ4n) is 3.57. The number of nitrogens with one attached hydrogen (secondary N) is 1. The maximum absolute atomic E-state index is 12.1. The van der Waals surface area contributed by atoms with Gasteiger partial charge in [0.1, 0.15) is 4.75 Å². The van der Waals surface area contributed by atoms with Crippen LogP contribution in [0.4, 0.5) is 0 Å². The van der Waals surface area contributed by atoms with Gasteiger partial charge in [0, 0.05) is 12.9 Å². The molecule has 2 aromatic rings. The summed E-state index contributed by atoms with van der Waals surface area (Å²) in [4.78, 5) is 11.9. The first-order valence-electron chi connectivity index (χ1n) is 10.3. The minimum atomic E-state index is -3.70. The predicted octanol–water partition coefficient (Wildman–Crippen LogP) is 3.24. The van der Waals surface area contributed by atoms with Crippen LogP contribution in [0.3, 0.4) is 0 Å². The molecular formula is C24H29NO5S. The second-order valence-electron chi connectivity index (χ2n) is 8.46. The summed E-state index contributed by atoms with van der Waals surface area (Å²) in [5.41, 5.74) is 5.61. The van der Waals surface area contributed by atoms with Crippen LogP contribution in [-0.2, 0) is 21.1 Å². The largest absolute Gasteiger partial charge is 0.396 e. The van der Waals surface area contributed by atoms with Gasteiger partial charge in [0.2, 0.25) is 0 Å². The van der Waals surface area contributed by atoms with Gasteiger partial charge in [0.05, 0.1) is 0 Å². The SMILES string of the molecule is CC(CCc1ccc(-c2ccc(/C=C/C3C[C@@H]3CO)cc2)cc1)(C(=O)NO)S(C)(=O)=O. The molecule has 0 heterocycles. The van der Waals surface area contributed by atoms with Gasteiger partial charge in [0.15, 0.2) is 9.84 Å². The third-order valence-corrected chi connectivity index (χ3v) is 8.26. The number of aliphatic hydroxyl groups excluding tert-OH is 1. The maximum Gasteiger partial charge on any atom is 0.264 e. The first-order valence-corrected chi connectivity index (χ1v) is 12.2. The summed E-state index contributed by atoms with van der Waals surface area (Å²) in [5, 5.41) is 18.0. The molecule has 0 saturated heterocycles. The van der Waals surface area contributed by atoms with E-state index in [9.17, 15) is 13.2 Å². The Kier molecular flexibility index (Phi) is 6.99. The molecular weight excluding hydrogens is 414 g/mol. The van der Waals surface area contributed by atoms with Gasteiger partial charge in [0.25, 0.3) is 5.91 Å². The third kappa shape index (κ3) is 5.42. The Balaban J connectivity index is 1.64. The monoisotopic (exact) mass is 443 g/mol. The van der Waals surface area contributed by atoms with Crippen molar-refractivity contribution in [3.05, 3.63) is 65.7 Å². The van der Waals surface area contributed by atoms with E-state index in [1.54, 1.807) is 0 Å². The lowest BCUT2D eigenvalue weighted by atomic mass is 9.97. The topological polar surface area (TPSA) is 104 Å². The van der Waals surface area contributed by atoms with Gasteiger partial charge in [-0.1, -0.05) is 60.7 Å². The van der Waals surface area contributed by atoms with Crippen LogP contribution in [0.15, 0.2) is 54.6 Å². The van der Waals surface area contributed by atoms with Crippen molar-refractivity contribution < 1.29 is 23.5 Å². The van der Waals surface area contributed by atoms with Gasteiger partial charge in [-0.05, 0) is 60.3 Å². The lowest BCUT2D eigenvalue weighted by molar-refractivity contribution is -0.131. The zero-order valence-corrected chi connectivity index (χ0v) is 18.6. The van der Waals surface area contributed by atoms with Crippen molar-refractivity contribution in [2.45, 2.75) is 30.9 Å². The summed E-state index contributed by atoms with van der Waals surface area (Å²) in [6, 6.07) is 16.0. The Labute approximate surface area is 183 Å². The van der Waals surface area contributed by atoms with Gasteiger partial charge in [-0.3, -0.25) is 10.0 Å². The summed E-state index contributed by atoms with van der Waals surface area (Å²) < 4.78 is 22.5. The minimum absolute atomic E-state index is 0.0662. The van der Waals surface area contributed by atoms with Crippen molar-refractivity contribution in [2.24, 2.45) is 11.8 Å². The highest BCUT2D eigenvalue weighted by Crippen LogP contribution is 2.39. The van der Waals surface area contributed by atoms with Crippen LogP contribution in [-0.4, -0.2) is 42.2 Å². The lowest BCUT2D eigenvalue weighted by Gasteiger charge is -2.25. The molecule has 7 heteroatoms. The average molecular weight is 444 g/mol. The molecule has 1 aliphatic carbocycles. The van der Waals surface area contributed by atoms with E-state index >= 15 is 0 Å². The number of hydrogen-bond acceptors (Lipinski definition) is 5. The molecule has 2 unspecified atom stereocenters. The number of hydroxylamine groups is 1. The predicted molar refractivity (Wildman–Crippen MR) is 121 cm³/mol. The van der Waals surface area contributed by atoms with Gasteiger partial charge < -0.3 is 5.11 Å². The first-order chi connectivity index (χ1) is 14.7. The standard InChI is InChI=1S/C24H29NO5S/c1-24(23(27)25-28,31(2,29)30)14-13-18-5-10-20(11-6-18)19-8-3-17(4-9-19)7-12-21-15-22(21)16-26/h3-12,21-22,26,28H,13-16H2,1-2H3,(H,25,27)/b12-7+/t21?,22-,24?/m1/s1. The Morgan fingerprint density at radius 1 is 1.13 bits per heavy atom. The van der Waals surface area contributed by atoms with Crippen LogP contribution >= 0.6 is 0 Å². The van der Waals surface area contributed by atoms with Crippen LogP contribution in [0.5, 0.6) is 0 Å². The number of allylic oxidation sites excluding steroid dienone is 1. The van der Waals surface area contributed by atoms with Crippen molar-refractivity contribution in [3.63, 3.8) is 0 Å². The fourth-order valence-corrected chi connectivity index (χ4v) is 4.43. The molecule has 0 spiro atoms. The number of carbonyl (C=O) groups excluding carboxylic acids is 1. The zero-order valence-electron chi connectivity index (χ0n) is 17.8. The molecule has 31 heavy (non-hydrogen) atoms. The number of rotatable bonds is 9. The van der Waals surface area contributed by atoms with Gasteiger partial charge in [-0.2, -0.15) is 0 Å². The average Bonchev–Trinajstić information content (AvgIpc) is 3.54. The van der Waals surface area contributed by atoms with Crippen LogP contribution in [0, 0.1) is 11.8 Å². The molecule has 1 amide bonds. The van der Waals surface area contributed by atoms with Crippen molar-refractivity contribution in [3.8, 4) is 11.1 Å². The van der Waals surface area contributed by atoms with E-state index in [-0.39, 0.29) is 13.0 Å². The second kappa shape index (κ2) is 9.34. The van der Waals surface area contributed by atoms with Gasteiger partial charge in [-0.15, -0.1) is 0 Å². The lowest BCUT2D eigenvalue weighted by Crippen LogP contribution is -2.49. The van der Waals surface area contributed by atoms with Crippen molar-refractivity contribution in [1.29, 1.82) is 0 Å². The quantitative estimate of drug-likeness (QED) is 0.408. The molecule has 0 bridgehead atoms. The summed E-state index contributed by atoms with van der Waals surface area (Å²) in [6.07, 6.45) is 6.76. The molecule has 1 saturated carbocycles. The Bertz CT molecular complexity index is 1040. The zero-order chi connectivity index (χ0) is 22.6. The molecule has 0 radical (unpaired) electrons. The Morgan fingerprint density at radius 2 is 1.71 bits per heavy atom. The van der Waals surface area contributed by atoms with Crippen LogP contribution in [0.1, 0.15) is 30.9 Å². The highest BCUT2D eigenvalue weighted by atomic mass is 32.2. The summed E-state index contributed by atoms with van der Waals surface area (Å²) in [6.45, 7) is 1.58. The van der Waals surface area contributed by atoms with E-state index in [0.717, 1.165) is 34.9 Å². The smallest absolute Gasteiger partial charge is 0.264 e. The third-order valence-electron chi connectivity index (χ3n) is 6.24. The molecule has 3 rings (SSSR count). The molecule has 1 fully saturated rings. The molecule has 0 aromatic heterocycles. The van der Waals surface area contributed by atoms with Gasteiger partial charge >= 0.3 is 0 Å². The van der Waals surface area contributed by atoms with Crippen LogP contribution in [0.25, 0.3) is 17.2 Å². The number of aryl methyl sites for hydroxylation is 1. The summed E-state index contributed by atoms with van der Waals surface area (Å²) in [7, 11) is -3.70. The summed E-state index contributed by atoms with van der Waals surface area (Å²) in [5.74, 6) is -0.0121. The highest BCUT2D eigenvalue weighted by Gasteiger charge is 2.43. The van der Waals surface area contributed by atoms with Crippen LogP contribution in [0.2, 0.25) is 0 Å². The number of amides is 1. The molecule has 3 atom stereocenters. The number of aliphatic hydroxyl groups is 1. The number of hydrogen-bond donors (Lipinski definition) is 3. The number of benzene rings is 2. The fraction of sp³-hybridized carbons (Fsp3) is 0.375. The molecule has 166 valence electrons. The van der Waals surface area contributed by atoms with Crippen molar-refractivity contribution in [1.82, 2.24) is 5.48 Å². The highest BCUT2D eigenvalue weighted by molar-refractivity contribution is 7.92. The minimum Gasteiger partial charge on any atom is -0.396 e. The number of carbonyl (C=O) groups is 1.